The Morgan fingerprint density at radius 3 is 2.43 bits per heavy atom. The number of pyridine rings is 1. The van der Waals surface area contributed by atoms with Gasteiger partial charge in [0.05, 0.1) is 21.9 Å². The number of rotatable bonds is 6. The monoisotopic (exact) mass is 324 g/mol. The molecule has 0 bridgehead atoms. The van der Waals surface area contributed by atoms with Gasteiger partial charge >= 0.3 is 0 Å². The molecular weight excluding hydrogens is 307 g/mol. The summed E-state index contributed by atoms with van der Waals surface area (Å²) in [5.74, 6) is 1.31. The first kappa shape index (κ1) is 16.1. The molecule has 0 aliphatic heterocycles. The van der Waals surface area contributed by atoms with Crippen molar-refractivity contribution in [3.05, 3.63) is 52.3 Å². The van der Waals surface area contributed by atoms with Crippen LogP contribution in [0.25, 0.3) is 0 Å². The number of benzene rings is 1. The first-order valence-corrected chi connectivity index (χ1v) is 7.71. The quantitative estimate of drug-likeness (QED) is 0.788. The van der Waals surface area contributed by atoms with Crippen molar-refractivity contribution >= 4 is 23.2 Å². The van der Waals surface area contributed by atoms with Crippen molar-refractivity contribution < 1.29 is 4.74 Å². The maximum atomic E-state index is 5.96. The van der Waals surface area contributed by atoms with Crippen LogP contribution in [-0.4, -0.2) is 11.5 Å². The van der Waals surface area contributed by atoms with Crippen LogP contribution in [0.4, 0.5) is 0 Å². The third-order valence-corrected chi connectivity index (χ3v) is 3.84. The zero-order valence-corrected chi connectivity index (χ0v) is 13.6. The Labute approximate surface area is 135 Å². The molecule has 5 heteroatoms. The summed E-state index contributed by atoms with van der Waals surface area (Å²) in [6, 6.07) is 9.32. The van der Waals surface area contributed by atoms with Crippen LogP contribution in [0, 0.1) is 0 Å². The Balaban J connectivity index is 2.09. The number of hydrogen-bond donors (Lipinski definition) is 1. The molecule has 1 aromatic carbocycles. The van der Waals surface area contributed by atoms with Gasteiger partial charge in [-0.2, -0.15) is 0 Å². The molecular formula is C16H18Cl2N2O. The van der Waals surface area contributed by atoms with Crippen molar-refractivity contribution in [2.75, 3.05) is 6.54 Å². The lowest BCUT2D eigenvalue weighted by Crippen LogP contribution is -2.20. The molecule has 2 aromatic rings. The van der Waals surface area contributed by atoms with E-state index in [9.17, 15) is 0 Å². The van der Waals surface area contributed by atoms with Gasteiger partial charge < -0.3 is 10.1 Å². The van der Waals surface area contributed by atoms with E-state index in [1.807, 2.05) is 12.1 Å². The normalized spacial score (nSPS) is 12.2. The molecule has 112 valence electrons. The van der Waals surface area contributed by atoms with Gasteiger partial charge in [0.2, 0.25) is 0 Å². The molecule has 0 aliphatic rings. The second-order valence-electron chi connectivity index (χ2n) is 4.62. The van der Waals surface area contributed by atoms with Crippen molar-refractivity contribution in [3.63, 3.8) is 0 Å². The van der Waals surface area contributed by atoms with E-state index in [1.165, 1.54) is 0 Å². The van der Waals surface area contributed by atoms with Gasteiger partial charge in [-0.25, -0.2) is 0 Å². The van der Waals surface area contributed by atoms with E-state index in [1.54, 1.807) is 24.4 Å². The summed E-state index contributed by atoms with van der Waals surface area (Å²) in [5.41, 5.74) is 1.01. The van der Waals surface area contributed by atoms with E-state index < -0.39 is 0 Å². The van der Waals surface area contributed by atoms with Crippen LogP contribution >= 0.6 is 23.2 Å². The van der Waals surface area contributed by atoms with Crippen molar-refractivity contribution in [1.29, 1.82) is 0 Å². The molecule has 1 aromatic heterocycles. The van der Waals surface area contributed by atoms with Gasteiger partial charge in [0.25, 0.3) is 0 Å². The average molecular weight is 325 g/mol. The second kappa shape index (κ2) is 7.64. The van der Waals surface area contributed by atoms with Crippen LogP contribution in [0.1, 0.15) is 32.0 Å². The van der Waals surface area contributed by atoms with E-state index in [4.69, 9.17) is 27.9 Å². The smallest absolute Gasteiger partial charge is 0.145 e. The standard InChI is InChI=1S/C16H18Cl2N2O/c1-3-15(19-4-2)16-8-6-12(10-20-16)21-11-5-7-13(17)14(18)9-11/h5-10,15,19H,3-4H2,1-2H3. The zero-order valence-electron chi connectivity index (χ0n) is 12.1. The molecule has 1 atom stereocenters. The molecule has 0 saturated heterocycles. The van der Waals surface area contributed by atoms with Gasteiger partial charge in [0.1, 0.15) is 11.5 Å². The highest BCUT2D eigenvalue weighted by molar-refractivity contribution is 6.42. The van der Waals surface area contributed by atoms with Crippen LogP contribution < -0.4 is 10.1 Å². The van der Waals surface area contributed by atoms with Crippen molar-refractivity contribution in [3.8, 4) is 11.5 Å². The van der Waals surface area contributed by atoms with E-state index >= 15 is 0 Å². The Hall–Kier alpha value is -1.29. The number of ether oxygens (including phenoxy) is 1. The molecule has 3 nitrogen and oxygen atoms in total. The third kappa shape index (κ3) is 4.34. The van der Waals surface area contributed by atoms with Gasteiger partial charge in [0, 0.05) is 12.1 Å². The summed E-state index contributed by atoms with van der Waals surface area (Å²) in [4.78, 5) is 4.46. The van der Waals surface area contributed by atoms with E-state index in [-0.39, 0.29) is 6.04 Å². The molecule has 0 spiro atoms. The van der Waals surface area contributed by atoms with Crippen molar-refractivity contribution in [1.82, 2.24) is 10.3 Å². The molecule has 0 aliphatic carbocycles. The number of halogens is 2. The van der Waals surface area contributed by atoms with Crippen LogP contribution in [0.2, 0.25) is 10.0 Å². The first-order chi connectivity index (χ1) is 10.1. The highest BCUT2D eigenvalue weighted by Crippen LogP contribution is 2.29. The van der Waals surface area contributed by atoms with Gasteiger partial charge in [-0.15, -0.1) is 0 Å². The van der Waals surface area contributed by atoms with Gasteiger partial charge in [-0.1, -0.05) is 37.0 Å². The Morgan fingerprint density at radius 1 is 1.10 bits per heavy atom. The maximum absolute atomic E-state index is 5.96. The van der Waals surface area contributed by atoms with Crippen LogP contribution in [-0.2, 0) is 0 Å². The molecule has 0 radical (unpaired) electrons. The molecule has 2 rings (SSSR count). The lowest BCUT2D eigenvalue weighted by molar-refractivity contribution is 0.476. The predicted octanol–water partition coefficient (Wildman–Crippen LogP) is 5.24. The van der Waals surface area contributed by atoms with Crippen LogP contribution in [0.15, 0.2) is 36.5 Å². The highest BCUT2D eigenvalue weighted by atomic mass is 35.5. The molecule has 1 heterocycles. The topological polar surface area (TPSA) is 34.1 Å². The molecule has 0 fully saturated rings. The fourth-order valence-corrected chi connectivity index (χ4v) is 2.33. The van der Waals surface area contributed by atoms with E-state index in [0.717, 1.165) is 18.7 Å². The van der Waals surface area contributed by atoms with Gasteiger partial charge in [-0.05, 0) is 37.2 Å². The van der Waals surface area contributed by atoms with Gasteiger partial charge in [0.15, 0.2) is 0 Å². The van der Waals surface area contributed by atoms with Crippen molar-refractivity contribution in [2.45, 2.75) is 26.3 Å². The lowest BCUT2D eigenvalue weighted by Gasteiger charge is -2.15. The summed E-state index contributed by atoms with van der Waals surface area (Å²) in [6.07, 6.45) is 2.71. The summed E-state index contributed by atoms with van der Waals surface area (Å²) in [6.45, 7) is 5.14. The number of nitrogens with one attached hydrogen (secondary N) is 1. The van der Waals surface area contributed by atoms with Crippen LogP contribution in [0.3, 0.4) is 0 Å². The Kier molecular flexibility index (Phi) is 5.85. The fourth-order valence-electron chi connectivity index (χ4n) is 2.04. The SMILES string of the molecule is CCNC(CC)c1ccc(Oc2ccc(Cl)c(Cl)c2)cn1. The van der Waals surface area contributed by atoms with Crippen LogP contribution in [0.5, 0.6) is 11.5 Å². The molecule has 1 unspecified atom stereocenters. The molecule has 0 saturated carbocycles. The number of nitrogens with zero attached hydrogens (tertiary/aromatic N) is 1. The number of aromatic nitrogens is 1. The van der Waals surface area contributed by atoms with E-state index in [0.29, 0.717) is 21.5 Å². The summed E-state index contributed by atoms with van der Waals surface area (Å²) in [7, 11) is 0. The highest BCUT2D eigenvalue weighted by Gasteiger charge is 2.09. The second-order valence-corrected chi connectivity index (χ2v) is 5.43. The molecule has 0 amide bonds. The first-order valence-electron chi connectivity index (χ1n) is 6.96. The minimum atomic E-state index is 0.272. The molecule has 21 heavy (non-hydrogen) atoms. The number of hydrogen-bond acceptors (Lipinski definition) is 3. The minimum Gasteiger partial charge on any atom is -0.456 e. The third-order valence-electron chi connectivity index (χ3n) is 3.10. The Morgan fingerprint density at radius 2 is 1.86 bits per heavy atom. The summed E-state index contributed by atoms with van der Waals surface area (Å²) < 4.78 is 5.72. The Bertz CT molecular complexity index is 587. The maximum Gasteiger partial charge on any atom is 0.145 e. The van der Waals surface area contributed by atoms with Crippen molar-refractivity contribution in [2.24, 2.45) is 0 Å². The van der Waals surface area contributed by atoms with Gasteiger partial charge in [-0.3, -0.25) is 4.98 Å². The minimum absolute atomic E-state index is 0.272. The lowest BCUT2D eigenvalue weighted by atomic mass is 10.1. The summed E-state index contributed by atoms with van der Waals surface area (Å²) in [5, 5.41) is 4.37. The van der Waals surface area contributed by atoms with E-state index in [2.05, 4.69) is 24.1 Å². The largest absolute Gasteiger partial charge is 0.456 e. The average Bonchev–Trinajstić information content (AvgIpc) is 2.49. The molecule has 1 N–H and O–H groups in total. The predicted molar refractivity (Wildman–Crippen MR) is 87.5 cm³/mol. The summed E-state index contributed by atoms with van der Waals surface area (Å²) >= 11 is 11.8. The fraction of sp³-hybridized carbons (Fsp3) is 0.312. The zero-order chi connectivity index (χ0) is 15.2.